The Bertz CT molecular complexity index is 1210. The Morgan fingerprint density at radius 3 is 2.40 bits per heavy atom. The molecule has 2 N–H and O–H groups in total. The van der Waals surface area contributed by atoms with Crippen LogP contribution in [0.1, 0.15) is 20.7 Å². The highest BCUT2D eigenvalue weighted by Gasteiger charge is 2.36. The zero-order valence-electron chi connectivity index (χ0n) is 13.0. The first kappa shape index (κ1) is 13.8. The third-order valence-electron chi connectivity index (χ3n) is 4.53. The molecule has 1 aliphatic rings. The SMILES string of the molecule is Nc1ccc2c(c1)C(=O)N(c1ccc3c(c1)oc1ccccc13)C2=O. The molecule has 0 spiro atoms. The van der Waals surface area contributed by atoms with Gasteiger partial charge in [-0.25, -0.2) is 4.90 Å². The second-order valence-corrected chi connectivity index (χ2v) is 6.03. The average Bonchev–Trinajstić information content (AvgIpc) is 3.10. The molecule has 0 saturated heterocycles. The maximum atomic E-state index is 12.7. The van der Waals surface area contributed by atoms with Crippen molar-refractivity contribution in [1.29, 1.82) is 0 Å². The first-order chi connectivity index (χ1) is 12.1. The summed E-state index contributed by atoms with van der Waals surface area (Å²) in [4.78, 5) is 26.5. The van der Waals surface area contributed by atoms with Gasteiger partial charge in [0.15, 0.2) is 0 Å². The quantitative estimate of drug-likeness (QED) is 0.424. The number of anilines is 2. The molecule has 5 nitrogen and oxygen atoms in total. The van der Waals surface area contributed by atoms with Gasteiger partial charge in [0, 0.05) is 22.5 Å². The number of nitrogen functional groups attached to an aromatic ring is 1. The Kier molecular flexibility index (Phi) is 2.60. The third-order valence-corrected chi connectivity index (χ3v) is 4.53. The number of hydrogen-bond acceptors (Lipinski definition) is 4. The maximum absolute atomic E-state index is 12.7. The van der Waals surface area contributed by atoms with E-state index in [1.54, 1.807) is 24.3 Å². The summed E-state index contributed by atoms with van der Waals surface area (Å²) in [5.74, 6) is -0.724. The molecule has 25 heavy (non-hydrogen) atoms. The van der Waals surface area contributed by atoms with Crippen LogP contribution in [0, 0.1) is 0 Å². The zero-order valence-corrected chi connectivity index (χ0v) is 13.0. The first-order valence-corrected chi connectivity index (χ1v) is 7.83. The highest BCUT2D eigenvalue weighted by molar-refractivity contribution is 6.35. The molecule has 3 aromatic carbocycles. The van der Waals surface area contributed by atoms with Crippen molar-refractivity contribution in [3.05, 3.63) is 71.8 Å². The molecule has 1 aromatic heterocycles. The molecule has 0 saturated carbocycles. The van der Waals surface area contributed by atoms with Crippen LogP contribution in [-0.4, -0.2) is 11.8 Å². The highest BCUT2D eigenvalue weighted by Crippen LogP contribution is 2.34. The van der Waals surface area contributed by atoms with E-state index in [1.165, 1.54) is 6.07 Å². The van der Waals surface area contributed by atoms with Gasteiger partial charge in [-0.05, 0) is 36.4 Å². The number of furan rings is 1. The van der Waals surface area contributed by atoms with Crippen molar-refractivity contribution < 1.29 is 14.0 Å². The van der Waals surface area contributed by atoms with Gasteiger partial charge < -0.3 is 10.2 Å². The monoisotopic (exact) mass is 328 g/mol. The van der Waals surface area contributed by atoms with Crippen LogP contribution in [0.15, 0.2) is 65.1 Å². The van der Waals surface area contributed by atoms with Crippen LogP contribution in [0.5, 0.6) is 0 Å². The van der Waals surface area contributed by atoms with Gasteiger partial charge in [0.2, 0.25) is 0 Å². The number of carbonyl (C=O) groups excluding carboxylic acids is 2. The normalized spacial score (nSPS) is 13.8. The predicted octanol–water partition coefficient (Wildman–Crippen LogP) is 3.97. The Hall–Kier alpha value is -3.60. The standard InChI is InChI=1S/C20H12N2O3/c21-11-5-7-15-16(9-11)20(24)22(19(15)23)12-6-8-14-13-3-1-2-4-17(13)25-18(14)10-12/h1-10H,21H2. The van der Waals surface area contributed by atoms with Crippen molar-refractivity contribution in [1.82, 2.24) is 0 Å². The fourth-order valence-electron chi connectivity index (χ4n) is 3.35. The number of rotatable bonds is 1. The maximum Gasteiger partial charge on any atom is 0.266 e. The number of hydrogen-bond donors (Lipinski definition) is 1. The molecule has 0 bridgehead atoms. The minimum atomic E-state index is -0.372. The van der Waals surface area contributed by atoms with Crippen molar-refractivity contribution in [2.75, 3.05) is 10.6 Å². The molecule has 2 heterocycles. The Morgan fingerprint density at radius 2 is 1.52 bits per heavy atom. The first-order valence-electron chi connectivity index (χ1n) is 7.83. The lowest BCUT2D eigenvalue weighted by Gasteiger charge is -2.13. The summed E-state index contributed by atoms with van der Waals surface area (Å²) in [6.07, 6.45) is 0. The lowest BCUT2D eigenvalue weighted by atomic mass is 10.1. The fraction of sp³-hybridized carbons (Fsp3) is 0. The van der Waals surface area contributed by atoms with E-state index in [0.717, 1.165) is 21.3 Å². The smallest absolute Gasteiger partial charge is 0.266 e. The summed E-state index contributed by atoms with van der Waals surface area (Å²) in [5.41, 5.74) is 8.77. The molecule has 120 valence electrons. The van der Waals surface area contributed by atoms with E-state index >= 15 is 0 Å². The van der Waals surface area contributed by atoms with E-state index in [1.807, 2.05) is 30.3 Å². The van der Waals surface area contributed by atoms with Gasteiger partial charge in [0.25, 0.3) is 11.8 Å². The molecule has 0 radical (unpaired) electrons. The number of imide groups is 1. The molecule has 5 heteroatoms. The van der Waals surface area contributed by atoms with Crippen LogP contribution < -0.4 is 10.6 Å². The summed E-state index contributed by atoms with van der Waals surface area (Å²) in [6, 6.07) is 17.8. The molecule has 4 aromatic rings. The van der Waals surface area contributed by atoms with Crippen LogP contribution in [0.25, 0.3) is 21.9 Å². The highest BCUT2D eigenvalue weighted by atomic mass is 16.3. The van der Waals surface area contributed by atoms with E-state index in [4.69, 9.17) is 10.2 Å². The number of para-hydroxylation sites is 1. The van der Waals surface area contributed by atoms with Gasteiger partial charge >= 0.3 is 0 Å². The van der Waals surface area contributed by atoms with E-state index in [-0.39, 0.29) is 11.8 Å². The molecule has 0 atom stereocenters. The second kappa shape index (κ2) is 4.70. The van der Waals surface area contributed by atoms with Crippen molar-refractivity contribution in [3.63, 3.8) is 0 Å². The number of fused-ring (bicyclic) bond motifs is 4. The molecule has 0 fully saturated rings. The van der Waals surface area contributed by atoms with Crippen LogP contribution in [-0.2, 0) is 0 Å². The van der Waals surface area contributed by atoms with E-state index in [2.05, 4.69) is 0 Å². The molecule has 2 amide bonds. The summed E-state index contributed by atoms with van der Waals surface area (Å²) in [5, 5.41) is 1.94. The topological polar surface area (TPSA) is 76.5 Å². The molecular formula is C20H12N2O3. The molecule has 1 aliphatic heterocycles. The van der Waals surface area contributed by atoms with Gasteiger partial charge in [0.05, 0.1) is 16.8 Å². The summed E-state index contributed by atoms with van der Waals surface area (Å²) < 4.78 is 5.85. The number of nitrogens with zero attached hydrogens (tertiary/aromatic N) is 1. The summed E-state index contributed by atoms with van der Waals surface area (Å²) >= 11 is 0. The molecule has 0 unspecified atom stereocenters. The fourth-order valence-corrected chi connectivity index (χ4v) is 3.35. The van der Waals surface area contributed by atoms with Gasteiger partial charge in [0.1, 0.15) is 11.2 Å². The van der Waals surface area contributed by atoms with Crippen LogP contribution in [0.3, 0.4) is 0 Å². The number of nitrogens with two attached hydrogens (primary N) is 1. The number of carbonyl (C=O) groups is 2. The zero-order chi connectivity index (χ0) is 17.1. The van der Waals surface area contributed by atoms with Gasteiger partial charge in [-0.1, -0.05) is 18.2 Å². The Balaban J connectivity index is 1.67. The largest absolute Gasteiger partial charge is 0.456 e. The van der Waals surface area contributed by atoms with Crippen LogP contribution in [0.2, 0.25) is 0 Å². The number of benzene rings is 3. The minimum absolute atomic E-state index is 0.328. The predicted molar refractivity (Wildman–Crippen MR) is 95.7 cm³/mol. The van der Waals surface area contributed by atoms with E-state index in [9.17, 15) is 9.59 Å². The molecule has 5 rings (SSSR count). The lowest BCUT2D eigenvalue weighted by molar-refractivity contribution is 0.0926. The Labute approximate surface area is 142 Å². The van der Waals surface area contributed by atoms with Crippen LogP contribution in [0.4, 0.5) is 11.4 Å². The molecular weight excluding hydrogens is 316 g/mol. The van der Waals surface area contributed by atoms with Gasteiger partial charge in [-0.15, -0.1) is 0 Å². The lowest BCUT2D eigenvalue weighted by Crippen LogP contribution is -2.29. The minimum Gasteiger partial charge on any atom is -0.456 e. The third kappa shape index (κ3) is 1.83. The van der Waals surface area contributed by atoms with Gasteiger partial charge in [-0.3, -0.25) is 9.59 Å². The Morgan fingerprint density at radius 1 is 0.760 bits per heavy atom. The molecule has 0 aliphatic carbocycles. The van der Waals surface area contributed by atoms with Crippen molar-refractivity contribution in [3.8, 4) is 0 Å². The summed E-state index contributed by atoms with van der Waals surface area (Å²) in [6.45, 7) is 0. The van der Waals surface area contributed by atoms with Crippen molar-refractivity contribution in [2.45, 2.75) is 0 Å². The average molecular weight is 328 g/mol. The van der Waals surface area contributed by atoms with E-state index < -0.39 is 0 Å². The van der Waals surface area contributed by atoms with Crippen LogP contribution >= 0.6 is 0 Å². The van der Waals surface area contributed by atoms with Crippen molar-refractivity contribution >= 4 is 45.1 Å². The van der Waals surface area contributed by atoms with E-state index in [0.29, 0.717) is 28.1 Å². The van der Waals surface area contributed by atoms with Crippen molar-refractivity contribution in [2.24, 2.45) is 0 Å². The van der Waals surface area contributed by atoms with Gasteiger partial charge in [-0.2, -0.15) is 0 Å². The second-order valence-electron chi connectivity index (χ2n) is 6.03. The number of amides is 2. The summed E-state index contributed by atoms with van der Waals surface area (Å²) in [7, 11) is 0.